The van der Waals surface area contributed by atoms with Crippen LogP contribution >= 0.6 is 0 Å². The van der Waals surface area contributed by atoms with Gasteiger partial charge in [-0.3, -0.25) is 24.5 Å². The summed E-state index contributed by atoms with van der Waals surface area (Å²) in [5.74, 6) is -2.41. The van der Waals surface area contributed by atoms with E-state index in [4.69, 9.17) is 4.84 Å². The van der Waals surface area contributed by atoms with Gasteiger partial charge in [-0.05, 0) is 42.8 Å². The van der Waals surface area contributed by atoms with Gasteiger partial charge in [-0.2, -0.15) is 0 Å². The van der Waals surface area contributed by atoms with Crippen LogP contribution in [0.25, 0.3) is 0 Å². The molecule has 0 bridgehead atoms. The second-order valence-electron chi connectivity index (χ2n) is 8.00. The summed E-state index contributed by atoms with van der Waals surface area (Å²) in [5.41, 5.74) is 2.22. The molecule has 2 aliphatic heterocycles. The Balaban J connectivity index is 1.59. The maximum Gasteiger partial charge on any atom is 0.271 e. The van der Waals surface area contributed by atoms with Gasteiger partial charge in [0.05, 0.1) is 22.3 Å². The number of halogens is 1. The minimum absolute atomic E-state index is 0.138. The number of rotatable bonds is 4. The molecule has 8 nitrogen and oxygen atoms in total. The lowest BCUT2D eigenvalue weighted by molar-refractivity contribution is -0.384. The zero-order valence-corrected chi connectivity index (χ0v) is 17.4. The van der Waals surface area contributed by atoms with Crippen molar-refractivity contribution >= 4 is 28.9 Å². The van der Waals surface area contributed by atoms with Gasteiger partial charge < -0.3 is 0 Å². The third kappa shape index (κ3) is 3.42. The second-order valence-corrected chi connectivity index (χ2v) is 8.00. The number of carbonyl (C=O) groups is 2. The number of nitro groups is 1. The zero-order chi connectivity index (χ0) is 23.3. The molecule has 3 aromatic rings. The van der Waals surface area contributed by atoms with Crippen LogP contribution in [-0.4, -0.2) is 22.8 Å². The van der Waals surface area contributed by atoms with E-state index >= 15 is 0 Å². The predicted octanol–water partition coefficient (Wildman–Crippen LogP) is 4.09. The van der Waals surface area contributed by atoms with E-state index in [-0.39, 0.29) is 11.4 Å². The van der Waals surface area contributed by atoms with E-state index in [0.717, 1.165) is 16.0 Å². The largest absolute Gasteiger partial charge is 0.273 e. The number of amides is 2. The fourth-order valence-corrected chi connectivity index (χ4v) is 4.33. The lowest BCUT2D eigenvalue weighted by Crippen LogP contribution is -2.37. The van der Waals surface area contributed by atoms with Crippen LogP contribution in [0.4, 0.5) is 21.5 Å². The van der Waals surface area contributed by atoms with Crippen LogP contribution in [0.2, 0.25) is 0 Å². The first-order chi connectivity index (χ1) is 15.8. The number of hydrogen-bond acceptors (Lipinski definition) is 6. The van der Waals surface area contributed by atoms with Gasteiger partial charge in [-0.25, -0.2) is 14.4 Å². The minimum atomic E-state index is -1.12. The maximum atomic E-state index is 13.5. The summed E-state index contributed by atoms with van der Waals surface area (Å²) in [4.78, 5) is 44.5. The number of aryl methyl sites for hydroxylation is 1. The monoisotopic (exact) mass is 447 g/mol. The molecule has 0 spiro atoms. The molecule has 0 aliphatic carbocycles. The van der Waals surface area contributed by atoms with Gasteiger partial charge in [-0.1, -0.05) is 35.9 Å². The molecule has 0 radical (unpaired) electrons. The topological polar surface area (TPSA) is 93.0 Å². The van der Waals surface area contributed by atoms with Crippen molar-refractivity contribution in [3.05, 3.63) is 99.9 Å². The van der Waals surface area contributed by atoms with Gasteiger partial charge >= 0.3 is 0 Å². The fraction of sp³-hybridized carbons (Fsp3) is 0.167. The van der Waals surface area contributed by atoms with Crippen molar-refractivity contribution in [1.29, 1.82) is 0 Å². The Labute approximate surface area is 187 Å². The number of hydroxylamine groups is 1. The summed E-state index contributed by atoms with van der Waals surface area (Å²) in [6.45, 7) is 1.93. The van der Waals surface area contributed by atoms with Gasteiger partial charge in [0.2, 0.25) is 5.91 Å². The normalized spacial score (nSPS) is 22.1. The lowest BCUT2D eigenvalue weighted by Gasteiger charge is -2.28. The van der Waals surface area contributed by atoms with Crippen LogP contribution in [0.3, 0.4) is 0 Å². The Kier molecular flexibility index (Phi) is 4.90. The Morgan fingerprint density at radius 3 is 2.30 bits per heavy atom. The summed E-state index contributed by atoms with van der Waals surface area (Å²) in [6.07, 6.45) is -1.12. The van der Waals surface area contributed by atoms with Crippen molar-refractivity contribution < 1.29 is 23.7 Å². The van der Waals surface area contributed by atoms with Crippen molar-refractivity contribution in [2.75, 3.05) is 9.96 Å². The van der Waals surface area contributed by atoms with Crippen LogP contribution in [-0.2, 0) is 14.4 Å². The molecule has 9 heteroatoms. The first-order valence-electron chi connectivity index (χ1n) is 10.3. The number of anilines is 2. The molecule has 0 N–H and O–H groups in total. The number of non-ortho nitro benzene ring substituents is 1. The van der Waals surface area contributed by atoms with Crippen LogP contribution in [0, 0.1) is 28.8 Å². The highest BCUT2D eigenvalue weighted by Gasteiger charge is 2.60. The fourth-order valence-electron chi connectivity index (χ4n) is 4.33. The van der Waals surface area contributed by atoms with E-state index in [0.29, 0.717) is 5.69 Å². The van der Waals surface area contributed by atoms with Crippen molar-refractivity contribution in [2.45, 2.75) is 19.1 Å². The number of nitrogens with zero attached hydrogens (tertiary/aromatic N) is 3. The van der Waals surface area contributed by atoms with Gasteiger partial charge in [0.15, 0.2) is 6.10 Å². The first kappa shape index (κ1) is 20.8. The molecule has 2 aliphatic rings. The van der Waals surface area contributed by atoms with E-state index in [1.807, 2.05) is 31.2 Å². The summed E-state index contributed by atoms with van der Waals surface area (Å²) in [6, 6.07) is 17.7. The van der Waals surface area contributed by atoms with Crippen molar-refractivity contribution in [1.82, 2.24) is 0 Å². The van der Waals surface area contributed by atoms with Crippen LogP contribution in [0.1, 0.15) is 17.2 Å². The summed E-state index contributed by atoms with van der Waals surface area (Å²) >= 11 is 0. The molecular formula is C24H18FN3O5. The standard InChI is InChI=1S/C24H18FN3O5/c1-14-5-7-15(8-6-14)21-20-22(33-27(21)18-3-2-4-19(13-18)28(31)32)24(30)26(23(20)29)17-11-9-16(25)10-12-17/h2-13,20-22H,1H3/t20-,21-,22+/m1/s1. The Hall–Kier alpha value is -4.11. The number of hydrogen-bond donors (Lipinski definition) is 0. The van der Waals surface area contributed by atoms with Gasteiger partial charge in [0, 0.05) is 12.1 Å². The van der Waals surface area contributed by atoms with E-state index in [1.54, 1.807) is 6.07 Å². The van der Waals surface area contributed by atoms with Crippen molar-refractivity contribution in [2.24, 2.45) is 5.92 Å². The average Bonchev–Trinajstić information content (AvgIpc) is 3.31. The minimum Gasteiger partial charge on any atom is -0.273 e. The molecule has 166 valence electrons. The Morgan fingerprint density at radius 2 is 1.64 bits per heavy atom. The van der Waals surface area contributed by atoms with Crippen molar-refractivity contribution in [3.8, 4) is 0 Å². The predicted molar refractivity (Wildman–Crippen MR) is 117 cm³/mol. The quantitative estimate of drug-likeness (QED) is 0.340. The Bertz CT molecular complexity index is 1260. The second kappa shape index (κ2) is 7.79. The molecule has 0 unspecified atom stereocenters. The van der Waals surface area contributed by atoms with E-state index in [9.17, 15) is 24.1 Å². The number of benzene rings is 3. The maximum absolute atomic E-state index is 13.5. The van der Waals surface area contributed by atoms with Gasteiger partial charge in [0.25, 0.3) is 11.6 Å². The van der Waals surface area contributed by atoms with E-state index < -0.39 is 40.6 Å². The molecule has 5 rings (SSSR count). The number of fused-ring (bicyclic) bond motifs is 1. The molecule has 3 aromatic carbocycles. The highest BCUT2D eigenvalue weighted by molar-refractivity contribution is 6.23. The molecule has 2 amide bonds. The third-order valence-corrected chi connectivity index (χ3v) is 5.91. The molecule has 3 atom stereocenters. The van der Waals surface area contributed by atoms with Crippen LogP contribution in [0.15, 0.2) is 72.8 Å². The molecule has 2 fully saturated rings. The Morgan fingerprint density at radius 1 is 0.939 bits per heavy atom. The molecule has 0 aromatic heterocycles. The van der Waals surface area contributed by atoms with Crippen LogP contribution < -0.4 is 9.96 Å². The summed E-state index contributed by atoms with van der Waals surface area (Å²) in [5, 5.41) is 12.7. The lowest BCUT2D eigenvalue weighted by atomic mass is 9.90. The smallest absolute Gasteiger partial charge is 0.271 e. The van der Waals surface area contributed by atoms with E-state index in [2.05, 4.69) is 0 Å². The third-order valence-electron chi connectivity index (χ3n) is 5.91. The summed E-state index contributed by atoms with van der Waals surface area (Å²) in [7, 11) is 0. The molecule has 2 saturated heterocycles. The first-order valence-corrected chi connectivity index (χ1v) is 10.3. The number of imide groups is 1. The van der Waals surface area contributed by atoms with E-state index in [1.165, 1.54) is 47.5 Å². The average molecular weight is 447 g/mol. The number of nitro benzene ring substituents is 1. The molecule has 2 heterocycles. The van der Waals surface area contributed by atoms with Gasteiger partial charge in [-0.15, -0.1) is 0 Å². The zero-order valence-electron chi connectivity index (χ0n) is 17.4. The summed E-state index contributed by atoms with van der Waals surface area (Å²) < 4.78 is 13.4. The van der Waals surface area contributed by atoms with Crippen LogP contribution in [0.5, 0.6) is 0 Å². The highest BCUT2D eigenvalue weighted by Crippen LogP contribution is 2.48. The molecule has 33 heavy (non-hydrogen) atoms. The molecular weight excluding hydrogens is 429 g/mol. The van der Waals surface area contributed by atoms with Gasteiger partial charge in [0.1, 0.15) is 11.7 Å². The van der Waals surface area contributed by atoms with Crippen molar-refractivity contribution in [3.63, 3.8) is 0 Å². The SMILES string of the molecule is Cc1ccc([C@@H]2[C@H]3C(=O)N(c4ccc(F)cc4)C(=O)[C@H]3ON2c2cccc([N+](=O)[O-])c2)cc1. The number of carbonyl (C=O) groups excluding carboxylic acids is 2. The molecule has 0 saturated carbocycles. The highest BCUT2D eigenvalue weighted by atomic mass is 19.1.